The standard InChI is InChI=1S/C27H36O3/c1-4-27(30-18(2)28)16-14-25-24-11-9-19-17-21(29-20-7-5-6-8-20)10-12-22(19)23(24)13-15-26(25,27)3/h1,9,17,20,22-25H,5-8,10-16H2,2-3H3/t22-,23?,24?,25?,26+,27?/m1/s1. The normalized spacial score (nSPS) is 42.8. The van der Waals surface area contributed by atoms with Crippen LogP contribution < -0.4 is 0 Å². The first-order valence-corrected chi connectivity index (χ1v) is 12.2. The summed E-state index contributed by atoms with van der Waals surface area (Å²) in [5.41, 5.74) is 0.717. The van der Waals surface area contributed by atoms with Gasteiger partial charge in [0.25, 0.3) is 0 Å². The SMILES string of the molecule is C#CC1(OC(C)=O)CCC2C3CC=C4C=C(OC5CCCC5)CC[C@H]4C3CC[C@@]21C. The van der Waals surface area contributed by atoms with Crippen LogP contribution in [0, 0.1) is 41.4 Å². The van der Waals surface area contributed by atoms with Crippen LogP contribution in [0.2, 0.25) is 0 Å². The quantitative estimate of drug-likeness (QED) is 0.428. The molecule has 6 atom stereocenters. The Morgan fingerprint density at radius 2 is 1.93 bits per heavy atom. The van der Waals surface area contributed by atoms with Crippen LogP contribution in [-0.2, 0) is 14.3 Å². The molecule has 0 radical (unpaired) electrons. The Kier molecular flexibility index (Phi) is 5.04. The van der Waals surface area contributed by atoms with Gasteiger partial charge in [-0.25, -0.2) is 0 Å². The molecule has 0 N–H and O–H groups in total. The molecule has 0 aromatic heterocycles. The van der Waals surface area contributed by atoms with Crippen LogP contribution in [0.15, 0.2) is 23.5 Å². The van der Waals surface area contributed by atoms with E-state index in [-0.39, 0.29) is 11.4 Å². The van der Waals surface area contributed by atoms with Crippen LogP contribution >= 0.6 is 0 Å². The van der Waals surface area contributed by atoms with E-state index in [0.29, 0.717) is 23.9 Å². The predicted octanol–water partition coefficient (Wildman–Crippen LogP) is 5.95. The van der Waals surface area contributed by atoms with E-state index < -0.39 is 5.60 Å². The van der Waals surface area contributed by atoms with Crippen LogP contribution in [0.5, 0.6) is 0 Å². The Morgan fingerprint density at radius 1 is 1.13 bits per heavy atom. The highest BCUT2D eigenvalue weighted by atomic mass is 16.6. The number of hydrogen-bond donors (Lipinski definition) is 0. The van der Waals surface area contributed by atoms with Crippen molar-refractivity contribution in [2.24, 2.45) is 29.1 Å². The fraction of sp³-hybridized carbons (Fsp3) is 0.741. The molecule has 0 aromatic rings. The van der Waals surface area contributed by atoms with Crippen molar-refractivity contribution in [2.45, 2.75) is 96.2 Å². The highest BCUT2D eigenvalue weighted by molar-refractivity contribution is 5.67. The van der Waals surface area contributed by atoms with Gasteiger partial charge < -0.3 is 9.47 Å². The second kappa shape index (κ2) is 7.47. The number of allylic oxidation sites excluding steroid dienone is 4. The molecule has 162 valence electrons. The molecule has 0 saturated heterocycles. The first kappa shape index (κ1) is 20.2. The lowest BCUT2D eigenvalue weighted by molar-refractivity contribution is -0.167. The van der Waals surface area contributed by atoms with E-state index >= 15 is 0 Å². The van der Waals surface area contributed by atoms with Gasteiger partial charge in [-0.15, -0.1) is 6.42 Å². The van der Waals surface area contributed by atoms with Gasteiger partial charge in [-0.3, -0.25) is 4.79 Å². The van der Waals surface area contributed by atoms with Crippen molar-refractivity contribution in [3.8, 4) is 12.3 Å². The average molecular weight is 409 g/mol. The lowest BCUT2D eigenvalue weighted by Gasteiger charge is -2.54. The third-order valence-electron chi connectivity index (χ3n) is 9.38. The molecular weight excluding hydrogens is 372 g/mol. The molecule has 3 fully saturated rings. The Balaban J connectivity index is 1.36. The first-order valence-electron chi connectivity index (χ1n) is 12.2. The number of ether oxygens (including phenoxy) is 2. The fourth-order valence-corrected chi connectivity index (χ4v) is 7.92. The summed E-state index contributed by atoms with van der Waals surface area (Å²) in [5, 5.41) is 0. The minimum Gasteiger partial charge on any atom is -0.495 e. The summed E-state index contributed by atoms with van der Waals surface area (Å²) in [6.07, 6.45) is 24.0. The zero-order chi connectivity index (χ0) is 20.9. The summed E-state index contributed by atoms with van der Waals surface area (Å²) in [7, 11) is 0. The molecule has 5 aliphatic rings. The summed E-state index contributed by atoms with van der Waals surface area (Å²) >= 11 is 0. The Hall–Kier alpha value is -1.69. The zero-order valence-electron chi connectivity index (χ0n) is 18.6. The van der Waals surface area contributed by atoms with E-state index in [0.717, 1.165) is 38.0 Å². The van der Waals surface area contributed by atoms with Crippen molar-refractivity contribution in [3.05, 3.63) is 23.5 Å². The molecule has 4 unspecified atom stereocenters. The molecule has 0 aliphatic heterocycles. The number of rotatable bonds is 3. The summed E-state index contributed by atoms with van der Waals surface area (Å²) in [6, 6.07) is 0. The van der Waals surface area contributed by atoms with Gasteiger partial charge in [-0.1, -0.05) is 18.9 Å². The van der Waals surface area contributed by atoms with Gasteiger partial charge in [0.05, 0.1) is 11.9 Å². The van der Waals surface area contributed by atoms with E-state index in [1.165, 1.54) is 56.8 Å². The number of terminal acetylenes is 1. The topological polar surface area (TPSA) is 35.5 Å². The van der Waals surface area contributed by atoms with E-state index in [9.17, 15) is 4.79 Å². The van der Waals surface area contributed by atoms with Gasteiger partial charge in [-0.2, -0.15) is 0 Å². The van der Waals surface area contributed by atoms with Crippen molar-refractivity contribution in [3.63, 3.8) is 0 Å². The first-order chi connectivity index (χ1) is 14.5. The highest BCUT2D eigenvalue weighted by Crippen LogP contribution is 2.65. The molecule has 3 nitrogen and oxygen atoms in total. The van der Waals surface area contributed by atoms with E-state index in [4.69, 9.17) is 15.9 Å². The molecule has 30 heavy (non-hydrogen) atoms. The van der Waals surface area contributed by atoms with Gasteiger partial charge in [0.15, 0.2) is 5.60 Å². The predicted molar refractivity (Wildman–Crippen MR) is 117 cm³/mol. The monoisotopic (exact) mass is 408 g/mol. The minimum absolute atomic E-state index is 0.0961. The highest BCUT2D eigenvalue weighted by Gasteiger charge is 2.64. The Morgan fingerprint density at radius 3 is 2.67 bits per heavy atom. The van der Waals surface area contributed by atoms with Crippen LogP contribution in [0.25, 0.3) is 0 Å². The van der Waals surface area contributed by atoms with E-state index in [2.05, 4.69) is 25.0 Å². The molecule has 0 amide bonds. The summed E-state index contributed by atoms with van der Waals surface area (Å²) in [6.45, 7) is 3.80. The molecule has 0 bridgehead atoms. The molecule has 3 heteroatoms. The largest absolute Gasteiger partial charge is 0.495 e. The maximum absolute atomic E-state index is 11.9. The minimum atomic E-state index is -0.715. The third-order valence-corrected chi connectivity index (χ3v) is 9.38. The van der Waals surface area contributed by atoms with Crippen LogP contribution in [0.3, 0.4) is 0 Å². The number of carbonyl (C=O) groups excluding carboxylic acids is 1. The Labute approximate surface area is 181 Å². The second-order valence-corrected chi connectivity index (χ2v) is 10.7. The summed E-state index contributed by atoms with van der Waals surface area (Å²) < 4.78 is 12.2. The number of hydrogen-bond acceptors (Lipinski definition) is 3. The number of esters is 1. The average Bonchev–Trinajstić information content (AvgIpc) is 3.33. The summed E-state index contributed by atoms with van der Waals surface area (Å²) in [4.78, 5) is 11.9. The van der Waals surface area contributed by atoms with Crippen molar-refractivity contribution in [1.82, 2.24) is 0 Å². The van der Waals surface area contributed by atoms with Crippen LogP contribution in [-0.4, -0.2) is 17.7 Å². The molecule has 0 aromatic carbocycles. The van der Waals surface area contributed by atoms with E-state index in [1.807, 2.05) is 0 Å². The van der Waals surface area contributed by atoms with Gasteiger partial charge >= 0.3 is 5.97 Å². The smallest absolute Gasteiger partial charge is 0.304 e. The van der Waals surface area contributed by atoms with Crippen LogP contribution in [0.4, 0.5) is 0 Å². The number of carbonyl (C=O) groups is 1. The lowest BCUT2D eigenvalue weighted by Crippen LogP contribution is -2.53. The third kappa shape index (κ3) is 3.05. The van der Waals surface area contributed by atoms with Crippen LogP contribution in [0.1, 0.15) is 84.5 Å². The number of fused-ring (bicyclic) bond motifs is 5. The fourth-order valence-electron chi connectivity index (χ4n) is 7.92. The van der Waals surface area contributed by atoms with Crippen molar-refractivity contribution < 1.29 is 14.3 Å². The lowest BCUT2D eigenvalue weighted by atomic mass is 9.51. The maximum atomic E-state index is 11.9. The van der Waals surface area contributed by atoms with Gasteiger partial charge in [0.1, 0.15) is 0 Å². The molecule has 0 heterocycles. The van der Waals surface area contributed by atoms with Gasteiger partial charge in [0, 0.05) is 18.8 Å². The molecule has 5 aliphatic carbocycles. The molecule has 0 spiro atoms. The second-order valence-electron chi connectivity index (χ2n) is 10.7. The Bertz CT molecular complexity index is 810. The van der Waals surface area contributed by atoms with Crippen molar-refractivity contribution in [1.29, 1.82) is 0 Å². The zero-order valence-corrected chi connectivity index (χ0v) is 18.6. The molecule has 3 saturated carbocycles. The molecular formula is C27H36O3. The van der Waals surface area contributed by atoms with Gasteiger partial charge in [-0.05, 0) is 99.5 Å². The van der Waals surface area contributed by atoms with Crippen molar-refractivity contribution >= 4 is 5.97 Å². The maximum Gasteiger partial charge on any atom is 0.304 e. The molecule has 5 rings (SSSR count). The van der Waals surface area contributed by atoms with E-state index in [1.54, 1.807) is 0 Å². The summed E-state index contributed by atoms with van der Waals surface area (Å²) in [5.74, 6) is 6.55. The van der Waals surface area contributed by atoms with Gasteiger partial charge in [0.2, 0.25) is 0 Å². The van der Waals surface area contributed by atoms with Crippen molar-refractivity contribution in [2.75, 3.05) is 0 Å².